The molecular formula is C3H6O2S2. The summed E-state index contributed by atoms with van der Waals surface area (Å²) < 4.78 is 4.73. The predicted molar refractivity (Wildman–Crippen MR) is 32.7 cm³/mol. The smallest absolute Gasteiger partial charge is 0.170 e. The number of rotatable bonds is 1. The van der Waals surface area contributed by atoms with Crippen molar-refractivity contribution in [2.75, 3.05) is 6.61 Å². The lowest BCUT2D eigenvalue weighted by molar-refractivity contribution is 0.228. The molecule has 7 heavy (non-hydrogen) atoms. The van der Waals surface area contributed by atoms with Crippen LogP contribution in [0.25, 0.3) is 0 Å². The molecule has 0 amide bonds. The van der Waals surface area contributed by atoms with Crippen LogP contribution in [0.5, 0.6) is 0 Å². The van der Waals surface area contributed by atoms with E-state index in [1.807, 2.05) is 0 Å². The van der Waals surface area contributed by atoms with Crippen LogP contribution >= 0.6 is 25.3 Å². The molecule has 0 aliphatic carbocycles. The zero-order valence-corrected chi connectivity index (χ0v) is 5.32. The zero-order valence-electron chi connectivity index (χ0n) is 3.53. The van der Waals surface area contributed by atoms with Gasteiger partial charge in [0, 0.05) is 0 Å². The van der Waals surface area contributed by atoms with E-state index in [1.54, 1.807) is 0 Å². The quantitative estimate of drug-likeness (QED) is 0.349. The molecule has 1 saturated heterocycles. The van der Waals surface area contributed by atoms with E-state index in [0.29, 0.717) is 0 Å². The fourth-order valence-electron chi connectivity index (χ4n) is 0.275. The summed E-state index contributed by atoms with van der Waals surface area (Å²) in [6.07, 6.45) is 0. The Morgan fingerprint density at radius 2 is 2.29 bits per heavy atom. The predicted octanol–water partition coefficient (Wildman–Crippen LogP) is -0.109. The Morgan fingerprint density at radius 3 is 2.29 bits per heavy atom. The molecule has 1 aliphatic heterocycles. The molecule has 2 atom stereocenters. The molecule has 42 valence electrons. The van der Waals surface area contributed by atoms with Crippen molar-refractivity contribution < 1.29 is 9.84 Å². The molecule has 2 nitrogen and oxygen atoms in total. The summed E-state index contributed by atoms with van der Waals surface area (Å²) in [5.41, 5.74) is -0.180. The van der Waals surface area contributed by atoms with Crippen molar-refractivity contribution in [1.82, 2.24) is 0 Å². The van der Waals surface area contributed by atoms with Crippen LogP contribution in [-0.2, 0) is 4.74 Å². The Bertz CT molecular complexity index is 83.0. The third-order valence-corrected chi connectivity index (χ3v) is 2.08. The van der Waals surface area contributed by atoms with Gasteiger partial charge in [0.1, 0.15) is 5.44 Å². The Hall–Kier alpha value is 0.620. The molecule has 1 heterocycles. The Labute approximate surface area is 52.7 Å². The van der Waals surface area contributed by atoms with Crippen molar-refractivity contribution in [3.05, 3.63) is 0 Å². The van der Waals surface area contributed by atoms with Crippen molar-refractivity contribution in [3.8, 4) is 0 Å². The first-order valence-corrected chi connectivity index (χ1v) is 2.84. The van der Waals surface area contributed by atoms with Crippen molar-refractivity contribution in [2.45, 2.75) is 10.4 Å². The lowest BCUT2D eigenvalue weighted by atomic mass is 10.5. The number of hydrogen-bond donors (Lipinski definition) is 3. The van der Waals surface area contributed by atoms with Crippen LogP contribution in [0.2, 0.25) is 0 Å². The Balaban J connectivity index is 2.36. The third-order valence-electron chi connectivity index (χ3n) is 0.871. The lowest BCUT2D eigenvalue weighted by Crippen LogP contribution is -2.08. The van der Waals surface area contributed by atoms with Gasteiger partial charge in [0.2, 0.25) is 0 Å². The highest BCUT2D eigenvalue weighted by molar-refractivity contribution is 7.86. The van der Waals surface area contributed by atoms with Crippen molar-refractivity contribution in [3.63, 3.8) is 0 Å². The number of hydrogen-bond acceptors (Lipinski definition) is 4. The van der Waals surface area contributed by atoms with E-state index in [0.717, 1.165) is 0 Å². The molecule has 0 bridgehead atoms. The van der Waals surface area contributed by atoms with Crippen LogP contribution < -0.4 is 0 Å². The van der Waals surface area contributed by atoms with Crippen LogP contribution in [0.3, 0.4) is 0 Å². The van der Waals surface area contributed by atoms with Crippen molar-refractivity contribution in [2.24, 2.45) is 0 Å². The zero-order chi connectivity index (χ0) is 5.49. The minimum atomic E-state index is -0.636. The van der Waals surface area contributed by atoms with E-state index in [-0.39, 0.29) is 12.0 Å². The average molecular weight is 138 g/mol. The molecule has 0 aromatic rings. The number of ether oxygens (including phenoxy) is 1. The second-order valence-corrected chi connectivity index (χ2v) is 2.70. The third kappa shape index (κ3) is 0.887. The molecule has 1 N–H and O–H groups in total. The van der Waals surface area contributed by atoms with Gasteiger partial charge in [0.05, 0.1) is 6.61 Å². The summed E-state index contributed by atoms with van der Waals surface area (Å²) in [5, 5.41) is 8.39. The second kappa shape index (κ2) is 1.55. The molecule has 0 radical (unpaired) electrons. The van der Waals surface area contributed by atoms with Crippen LogP contribution in [-0.4, -0.2) is 22.1 Å². The molecule has 1 unspecified atom stereocenters. The first-order chi connectivity index (χ1) is 3.19. The largest absolute Gasteiger partial charge is 0.392 e. The summed E-state index contributed by atoms with van der Waals surface area (Å²) in [6.45, 7) is -0.0652. The summed E-state index contributed by atoms with van der Waals surface area (Å²) in [5.74, 6) is 0. The highest BCUT2D eigenvalue weighted by atomic mass is 32.1. The highest BCUT2D eigenvalue weighted by Crippen LogP contribution is 2.41. The molecule has 1 rings (SSSR count). The second-order valence-electron chi connectivity index (χ2n) is 1.47. The molecule has 1 fully saturated rings. The maximum Gasteiger partial charge on any atom is 0.170 e. The standard InChI is InChI=1S/C3H6O2S2/c4-1-3(7)2(6)5-3/h2,4,6-7H,1H2/t2?,3-/m0/s1. The van der Waals surface area contributed by atoms with E-state index in [9.17, 15) is 0 Å². The number of thiol groups is 2. The van der Waals surface area contributed by atoms with Gasteiger partial charge in [0.25, 0.3) is 0 Å². The average Bonchev–Trinajstić information content (AvgIpc) is 2.18. The Morgan fingerprint density at radius 1 is 1.86 bits per heavy atom. The van der Waals surface area contributed by atoms with Crippen LogP contribution in [0.15, 0.2) is 0 Å². The minimum absolute atomic E-state index is 0.0652. The molecule has 0 saturated carbocycles. The normalized spacial score (nSPS) is 49.3. The molecule has 0 aromatic carbocycles. The van der Waals surface area contributed by atoms with Crippen LogP contribution in [0, 0.1) is 0 Å². The van der Waals surface area contributed by atoms with Gasteiger partial charge >= 0.3 is 0 Å². The van der Waals surface area contributed by atoms with Gasteiger partial charge < -0.3 is 9.84 Å². The molecule has 4 heteroatoms. The van der Waals surface area contributed by atoms with Crippen LogP contribution in [0.4, 0.5) is 0 Å². The number of aliphatic hydroxyl groups excluding tert-OH is 1. The van der Waals surface area contributed by atoms with Gasteiger partial charge in [0.15, 0.2) is 4.93 Å². The molecule has 0 spiro atoms. The maximum atomic E-state index is 8.39. The lowest BCUT2D eigenvalue weighted by Gasteiger charge is -1.92. The van der Waals surface area contributed by atoms with Gasteiger partial charge in [-0.05, 0) is 0 Å². The Kier molecular flexibility index (Phi) is 1.27. The van der Waals surface area contributed by atoms with E-state index in [1.165, 1.54) is 0 Å². The van der Waals surface area contributed by atoms with E-state index in [4.69, 9.17) is 9.84 Å². The van der Waals surface area contributed by atoms with Gasteiger partial charge in [-0.25, -0.2) is 0 Å². The van der Waals surface area contributed by atoms with Crippen LogP contribution in [0.1, 0.15) is 0 Å². The van der Waals surface area contributed by atoms with Gasteiger partial charge in [-0.2, -0.15) is 0 Å². The van der Waals surface area contributed by atoms with E-state index in [2.05, 4.69) is 25.3 Å². The topological polar surface area (TPSA) is 32.8 Å². The van der Waals surface area contributed by atoms with E-state index >= 15 is 0 Å². The van der Waals surface area contributed by atoms with Crippen molar-refractivity contribution in [1.29, 1.82) is 0 Å². The maximum absolute atomic E-state index is 8.39. The van der Waals surface area contributed by atoms with Gasteiger partial charge in [-0.15, -0.1) is 25.3 Å². The number of aliphatic hydroxyl groups is 1. The summed E-state index contributed by atoms with van der Waals surface area (Å²) in [7, 11) is 0. The summed E-state index contributed by atoms with van der Waals surface area (Å²) in [4.78, 5) is -0.636. The highest BCUT2D eigenvalue weighted by Gasteiger charge is 2.51. The molecular weight excluding hydrogens is 132 g/mol. The van der Waals surface area contributed by atoms with Crippen molar-refractivity contribution >= 4 is 25.3 Å². The fraction of sp³-hybridized carbons (Fsp3) is 1.00. The molecule has 1 aliphatic rings. The SMILES string of the molecule is OC[C@@]1(S)OC1S. The minimum Gasteiger partial charge on any atom is -0.392 e. The first kappa shape index (κ1) is 5.75. The molecule has 0 aromatic heterocycles. The summed E-state index contributed by atoms with van der Waals surface area (Å²) in [6, 6.07) is 0. The summed E-state index contributed by atoms with van der Waals surface area (Å²) >= 11 is 7.79. The monoisotopic (exact) mass is 138 g/mol. The first-order valence-electron chi connectivity index (χ1n) is 1.88. The van der Waals surface area contributed by atoms with E-state index < -0.39 is 4.93 Å². The van der Waals surface area contributed by atoms with Gasteiger partial charge in [-0.3, -0.25) is 0 Å². The fourth-order valence-corrected chi connectivity index (χ4v) is 0.733. The van der Waals surface area contributed by atoms with Gasteiger partial charge in [-0.1, -0.05) is 0 Å². The number of epoxide rings is 1.